The van der Waals surface area contributed by atoms with Gasteiger partial charge in [0.05, 0.1) is 12.6 Å². The Kier molecular flexibility index (Phi) is 3.97. The summed E-state index contributed by atoms with van der Waals surface area (Å²) in [6, 6.07) is 3.12. The second-order valence-corrected chi connectivity index (χ2v) is 3.35. The quantitative estimate of drug-likeness (QED) is 0.490. The highest BCUT2D eigenvalue weighted by Gasteiger charge is 2.20. The van der Waals surface area contributed by atoms with Crippen molar-refractivity contribution in [1.82, 2.24) is 0 Å². The van der Waals surface area contributed by atoms with Crippen molar-refractivity contribution in [1.29, 1.82) is 0 Å². The molecule has 0 amide bonds. The lowest BCUT2D eigenvalue weighted by atomic mass is 10.1. The van der Waals surface area contributed by atoms with E-state index in [1.54, 1.807) is 6.07 Å². The Morgan fingerprint density at radius 2 is 2.29 bits per heavy atom. The van der Waals surface area contributed by atoms with Gasteiger partial charge in [-0.25, -0.2) is 0 Å². The molecule has 76 valence electrons. The highest BCUT2D eigenvalue weighted by atomic mass is 79.9. The molecule has 0 saturated carbocycles. The molecule has 0 aliphatic carbocycles. The van der Waals surface area contributed by atoms with Crippen LogP contribution in [0.2, 0.25) is 0 Å². The van der Waals surface area contributed by atoms with Gasteiger partial charge in [-0.1, -0.05) is 5.11 Å². The van der Waals surface area contributed by atoms with Gasteiger partial charge in [0.1, 0.15) is 11.9 Å². The lowest BCUT2D eigenvalue weighted by molar-refractivity contribution is 0.0107. The van der Waals surface area contributed by atoms with Crippen LogP contribution in [0, 0.1) is 0 Å². The lowest BCUT2D eigenvalue weighted by Gasteiger charge is -2.12. The van der Waals surface area contributed by atoms with Crippen LogP contribution < -0.4 is 0 Å². The summed E-state index contributed by atoms with van der Waals surface area (Å²) in [5, 5.41) is 21.9. The van der Waals surface area contributed by atoms with Crippen molar-refractivity contribution in [2.45, 2.75) is 12.2 Å². The van der Waals surface area contributed by atoms with E-state index in [0.717, 1.165) is 0 Å². The fourth-order valence-electron chi connectivity index (χ4n) is 0.897. The Morgan fingerprint density at radius 3 is 2.79 bits per heavy atom. The Bertz CT molecular complexity index is 348. The maximum atomic E-state index is 9.48. The summed E-state index contributed by atoms with van der Waals surface area (Å²) in [6.07, 6.45) is -2.35. The first kappa shape index (κ1) is 11.1. The van der Waals surface area contributed by atoms with Crippen LogP contribution in [0.5, 0.6) is 0 Å². The van der Waals surface area contributed by atoms with Gasteiger partial charge in [-0.05, 0) is 33.6 Å². The molecule has 1 rings (SSSR count). The fraction of sp³-hybridized carbons (Fsp3) is 0.429. The summed E-state index contributed by atoms with van der Waals surface area (Å²) in [6.45, 7) is -0.198. The molecular formula is C7H8BrN3O3. The van der Waals surface area contributed by atoms with E-state index in [1.807, 2.05) is 0 Å². The third-order valence-corrected chi connectivity index (χ3v) is 2.01. The van der Waals surface area contributed by atoms with Crippen LogP contribution in [-0.2, 0) is 0 Å². The van der Waals surface area contributed by atoms with Crippen LogP contribution in [0.15, 0.2) is 26.3 Å². The van der Waals surface area contributed by atoms with E-state index in [-0.39, 0.29) is 12.3 Å². The predicted molar refractivity (Wildman–Crippen MR) is 51.4 cm³/mol. The van der Waals surface area contributed by atoms with E-state index in [2.05, 4.69) is 26.0 Å². The highest BCUT2D eigenvalue weighted by Crippen LogP contribution is 2.22. The van der Waals surface area contributed by atoms with Gasteiger partial charge >= 0.3 is 0 Å². The maximum absolute atomic E-state index is 9.48. The first-order valence-corrected chi connectivity index (χ1v) is 4.56. The second kappa shape index (κ2) is 5.02. The normalized spacial score (nSPS) is 14.5. The molecule has 0 saturated heterocycles. The summed E-state index contributed by atoms with van der Waals surface area (Å²) in [4.78, 5) is 2.47. The molecule has 1 aromatic rings. The number of rotatable bonds is 4. The number of nitrogens with zero attached hydrogens (tertiary/aromatic N) is 3. The first-order chi connectivity index (χ1) is 6.65. The first-order valence-electron chi connectivity index (χ1n) is 3.77. The van der Waals surface area contributed by atoms with Crippen molar-refractivity contribution in [2.24, 2.45) is 5.11 Å². The van der Waals surface area contributed by atoms with E-state index in [1.165, 1.54) is 6.07 Å². The summed E-state index contributed by atoms with van der Waals surface area (Å²) in [5.74, 6) is 0.220. The zero-order valence-electron chi connectivity index (χ0n) is 7.04. The number of hydrogen-bond acceptors (Lipinski definition) is 4. The fourth-order valence-corrected chi connectivity index (χ4v) is 1.22. The Hall–Kier alpha value is -1.01. The molecule has 0 radical (unpaired) electrons. The minimum Gasteiger partial charge on any atom is -0.451 e. The number of furan rings is 1. The average molecular weight is 262 g/mol. The van der Waals surface area contributed by atoms with Gasteiger partial charge in [-0.2, -0.15) is 0 Å². The van der Waals surface area contributed by atoms with E-state index < -0.39 is 12.2 Å². The minimum atomic E-state index is -1.19. The molecule has 0 aliphatic heterocycles. The molecule has 14 heavy (non-hydrogen) atoms. The topological polar surface area (TPSA) is 102 Å². The van der Waals surface area contributed by atoms with Crippen LogP contribution in [0.4, 0.5) is 0 Å². The van der Waals surface area contributed by atoms with E-state index >= 15 is 0 Å². The SMILES string of the molecule is [N-]=[N+]=NCC(O)C(O)c1ccc(Br)o1. The standard InChI is InChI=1S/C7H8BrN3O3/c8-6-2-1-5(14-6)7(13)4(12)3-10-11-9/h1-2,4,7,12-13H,3H2. The van der Waals surface area contributed by atoms with Crippen LogP contribution in [0.25, 0.3) is 10.4 Å². The van der Waals surface area contributed by atoms with Gasteiger partial charge in [0.15, 0.2) is 4.67 Å². The van der Waals surface area contributed by atoms with Crippen LogP contribution in [-0.4, -0.2) is 22.9 Å². The van der Waals surface area contributed by atoms with Gasteiger partial charge in [-0.3, -0.25) is 0 Å². The molecule has 2 N–H and O–H groups in total. The Morgan fingerprint density at radius 1 is 1.57 bits per heavy atom. The summed E-state index contributed by atoms with van der Waals surface area (Å²) in [5.41, 5.74) is 8.01. The van der Waals surface area contributed by atoms with Crippen molar-refractivity contribution in [3.05, 3.63) is 33.0 Å². The van der Waals surface area contributed by atoms with E-state index in [0.29, 0.717) is 4.67 Å². The summed E-state index contributed by atoms with van der Waals surface area (Å²) >= 11 is 3.06. The maximum Gasteiger partial charge on any atom is 0.169 e. The van der Waals surface area contributed by atoms with Crippen LogP contribution >= 0.6 is 15.9 Å². The molecule has 0 spiro atoms. The van der Waals surface area contributed by atoms with Crippen molar-refractivity contribution in [3.63, 3.8) is 0 Å². The summed E-state index contributed by atoms with van der Waals surface area (Å²) < 4.78 is 5.48. The molecule has 6 nitrogen and oxygen atoms in total. The minimum absolute atomic E-state index is 0.198. The monoisotopic (exact) mass is 261 g/mol. The molecule has 7 heteroatoms. The van der Waals surface area contributed by atoms with E-state index in [4.69, 9.17) is 9.95 Å². The highest BCUT2D eigenvalue weighted by molar-refractivity contribution is 9.10. The second-order valence-electron chi connectivity index (χ2n) is 2.57. The van der Waals surface area contributed by atoms with E-state index in [9.17, 15) is 10.2 Å². The molecular weight excluding hydrogens is 254 g/mol. The Labute approximate surface area is 87.9 Å². The van der Waals surface area contributed by atoms with Gasteiger partial charge in [0.2, 0.25) is 0 Å². The van der Waals surface area contributed by atoms with Crippen molar-refractivity contribution in [2.75, 3.05) is 6.54 Å². The van der Waals surface area contributed by atoms with Crippen molar-refractivity contribution in [3.8, 4) is 0 Å². The summed E-state index contributed by atoms with van der Waals surface area (Å²) in [7, 11) is 0. The predicted octanol–water partition coefficient (Wildman–Crippen LogP) is 1.75. The Balaban J connectivity index is 2.64. The number of aliphatic hydroxyl groups excluding tert-OH is 2. The van der Waals surface area contributed by atoms with Crippen LogP contribution in [0.3, 0.4) is 0 Å². The zero-order valence-corrected chi connectivity index (χ0v) is 8.62. The smallest absolute Gasteiger partial charge is 0.169 e. The van der Waals surface area contributed by atoms with Gasteiger partial charge in [0, 0.05) is 4.91 Å². The number of hydrogen-bond donors (Lipinski definition) is 2. The molecule has 0 fully saturated rings. The molecule has 1 aromatic heterocycles. The molecule has 0 bridgehead atoms. The van der Waals surface area contributed by atoms with Crippen LogP contribution in [0.1, 0.15) is 11.9 Å². The average Bonchev–Trinajstić information content (AvgIpc) is 2.60. The largest absolute Gasteiger partial charge is 0.451 e. The zero-order chi connectivity index (χ0) is 10.6. The lowest BCUT2D eigenvalue weighted by Crippen LogP contribution is -2.20. The molecule has 2 atom stereocenters. The molecule has 1 heterocycles. The third kappa shape index (κ3) is 2.74. The molecule has 0 aromatic carbocycles. The van der Waals surface area contributed by atoms with Gasteiger partial charge < -0.3 is 14.6 Å². The number of aliphatic hydroxyl groups is 2. The number of azide groups is 1. The van der Waals surface area contributed by atoms with Gasteiger partial charge in [0.25, 0.3) is 0 Å². The third-order valence-electron chi connectivity index (χ3n) is 1.58. The molecule has 0 aliphatic rings. The molecule has 2 unspecified atom stereocenters. The van der Waals surface area contributed by atoms with Crippen molar-refractivity contribution < 1.29 is 14.6 Å². The number of halogens is 1. The van der Waals surface area contributed by atoms with Gasteiger partial charge in [-0.15, -0.1) is 0 Å². The van der Waals surface area contributed by atoms with Crippen molar-refractivity contribution >= 4 is 15.9 Å².